The number of hydrogen-bond acceptors (Lipinski definition) is 6. The SMILES string of the molecule is O=C1CCC(N2C(=O)c3cccc(CN4C[C@@H]5CCCN[C@@H]5C4)c3C2=O)C(=O)N1. The smallest absolute Gasteiger partial charge is 0.262 e. The van der Waals surface area contributed by atoms with Crippen LogP contribution in [0.1, 0.15) is 52.0 Å². The standard InChI is InChI=1S/C21H24N4O4/c26-17-7-6-16(19(27)23-17)25-20(28)14-5-1-3-13(18(14)21(25)29)10-24-9-12-4-2-8-22-15(12)11-24/h1,3,5,12,15-16,22H,2,4,6-11H2,(H,23,26,27)/t12-,15+,16?/m0/s1. The summed E-state index contributed by atoms with van der Waals surface area (Å²) in [6.07, 6.45) is 2.72. The molecule has 0 radical (unpaired) electrons. The van der Waals surface area contributed by atoms with Gasteiger partial charge in [0, 0.05) is 32.1 Å². The molecule has 0 spiro atoms. The summed E-state index contributed by atoms with van der Waals surface area (Å²) in [4.78, 5) is 53.2. The van der Waals surface area contributed by atoms with E-state index in [9.17, 15) is 19.2 Å². The van der Waals surface area contributed by atoms with Gasteiger partial charge in [0.15, 0.2) is 0 Å². The van der Waals surface area contributed by atoms with E-state index < -0.39 is 23.8 Å². The second kappa shape index (κ2) is 7.03. The zero-order valence-electron chi connectivity index (χ0n) is 16.1. The van der Waals surface area contributed by atoms with Crippen molar-refractivity contribution in [3.05, 3.63) is 34.9 Å². The Bertz CT molecular complexity index is 900. The van der Waals surface area contributed by atoms with Gasteiger partial charge in [0.05, 0.1) is 11.1 Å². The number of rotatable bonds is 3. The number of imide groups is 2. The summed E-state index contributed by atoms with van der Waals surface area (Å²) in [6.45, 7) is 3.59. The van der Waals surface area contributed by atoms with Gasteiger partial charge < -0.3 is 5.32 Å². The van der Waals surface area contributed by atoms with Gasteiger partial charge in [0.2, 0.25) is 11.8 Å². The number of amides is 4. The van der Waals surface area contributed by atoms with E-state index in [4.69, 9.17) is 0 Å². The summed E-state index contributed by atoms with van der Waals surface area (Å²) in [6, 6.07) is 4.92. The molecule has 8 nitrogen and oxygen atoms in total. The van der Waals surface area contributed by atoms with Crippen molar-refractivity contribution in [3.63, 3.8) is 0 Å². The lowest BCUT2D eigenvalue weighted by Gasteiger charge is -2.28. The molecular weight excluding hydrogens is 372 g/mol. The van der Waals surface area contributed by atoms with Gasteiger partial charge in [0.25, 0.3) is 11.8 Å². The topological polar surface area (TPSA) is 98.8 Å². The van der Waals surface area contributed by atoms with Crippen molar-refractivity contribution in [2.24, 2.45) is 5.92 Å². The molecule has 1 unspecified atom stereocenters. The van der Waals surface area contributed by atoms with Crippen LogP contribution in [0.25, 0.3) is 0 Å². The maximum absolute atomic E-state index is 13.2. The van der Waals surface area contributed by atoms with Crippen LogP contribution in [0, 0.1) is 5.92 Å². The highest BCUT2D eigenvalue weighted by atomic mass is 16.2. The van der Waals surface area contributed by atoms with Crippen LogP contribution in [0.2, 0.25) is 0 Å². The molecule has 0 aromatic heterocycles. The van der Waals surface area contributed by atoms with Gasteiger partial charge in [-0.05, 0) is 43.4 Å². The molecule has 152 valence electrons. The monoisotopic (exact) mass is 396 g/mol. The Kier molecular flexibility index (Phi) is 4.48. The maximum atomic E-state index is 13.2. The molecule has 4 heterocycles. The number of benzene rings is 1. The van der Waals surface area contributed by atoms with Gasteiger partial charge in [-0.2, -0.15) is 0 Å². The number of piperidine rings is 2. The summed E-state index contributed by atoms with van der Waals surface area (Å²) < 4.78 is 0. The second-order valence-electron chi connectivity index (χ2n) is 8.44. The highest BCUT2D eigenvalue weighted by Crippen LogP contribution is 2.32. The van der Waals surface area contributed by atoms with Crippen LogP contribution in [0.4, 0.5) is 0 Å². The molecule has 0 aliphatic carbocycles. The van der Waals surface area contributed by atoms with E-state index in [1.807, 2.05) is 6.07 Å². The van der Waals surface area contributed by atoms with E-state index in [0.717, 1.165) is 30.1 Å². The first kappa shape index (κ1) is 18.4. The minimum atomic E-state index is -0.924. The average molecular weight is 396 g/mol. The molecule has 8 heteroatoms. The summed E-state index contributed by atoms with van der Waals surface area (Å²) in [5, 5.41) is 5.82. The van der Waals surface area contributed by atoms with Gasteiger partial charge in [-0.15, -0.1) is 0 Å². The first-order chi connectivity index (χ1) is 14.0. The molecule has 4 aliphatic heterocycles. The lowest BCUT2D eigenvalue weighted by atomic mass is 9.94. The first-order valence-corrected chi connectivity index (χ1v) is 10.3. The highest BCUT2D eigenvalue weighted by Gasteiger charge is 2.45. The minimum absolute atomic E-state index is 0.125. The number of likely N-dealkylation sites (tertiary alicyclic amines) is 1. The summed E-state index contributed by atoms with van der Waals surface area (Å²) in [5.74, 6) is -1.18. The second-order valence-corrected chi connectivity index (χ2v) is 8.44. The molecule has 3 atom stereocenters. The van der Waals surface area contributed by atoms with Gasteiger partial charge in [-0.3, -0.25) is 34.3 Å². The van der Waals surface area contributed by atoms with E-state index >= 15 is 0 Å². The van der Waals surface area contributed by atoms with E-state index in [0.29, 0.717) is 29.6 Å². The number of carbonyl (C=O) groups excluding carboxylic acids is 4. The lowest BCUT2D eigenvalue weighted by Crippen LogP contribution is -2.54. The van der Waals surface area contributed by atoms with Crippen molar-refractivity contribution in [1.82, 2.24) is 20.4 Å². The Morgan fingerprint density at radius 1 is 1.03 bits per heavy atom. The van der Waals surface area contributed by atoms with Gasteiger partial charge in [0.1, 0.15) is 6.04 Å². The summed E-state index contributed by atoms with van der Waals surface area (Å²) >= 11 is 0. The Hall–Kier alpha value is -2.58. The van der Waals surface area contributed by atoms with Crippen molar-refractivity contribution in [3.8, 4) is 0 Å². The van der Waals surface area contributed by atoms with E-state index in [2.05, 4.69) is 15.5 Å². The fourth-order valence-electron chi connectivity index (χ4n) is 5.22. The molecule has 3 saturated heterocycles. The molecule has 0 bridgehead atoms. The van der Waals surface area contributed by atoms with Crippen LogP contribution in [0.3, 0.4) is 0 Å². The average Bonchev–Trinajstić information content (AvgIpc) is 3.22. The Labute approximate surface area is 168 Å². The van der Waals surface area contributed by atoms with Crippen molar-refractivity contribution >= 4 is 23.6 Å². The maximum Gasteiger partial charge on any atom is 0.262 e. The van der Waals surface area contributed by atoms with Gasteiger partial charge in [-0.1, -0.05) is 12.1 Å². The molecule has 5 rings (SSSR count). The van der Waals surface area contributed by atoms with Crippen LogP contribution in [-0.2, 0) is 16.1 Å². The molecule has 1 aromatic carbocycles. The van der Waals surface area contributed by atoms with Crippen LogP contribution < -0.4 is 10.6 Å². The summed E-state index contributed by atoms with van der Waals surface area (Å²) in [7, 11) is 0. The molecule has 1 aromatic rings. The van der Waals surface area contributed by atoms with Gasteiger partial charge >= 0.3 is 0 Å². The molecule has 29 heavy (non-hydrogen) atoms. The molecule has 0 saturated carbocycles. The predicted octanol–water partition coefficient (Wildman–Crippen LogP) is 0.272. The highest BCUT2D eigenvalue weighted by molar-refractivity contribution is 6.24. The van der Waals surface area contributed by atoms with E-state index in [1.165, 1.54) is 12.8 Å². The Balaban J connectivity index is 1.39. The van der Waals surface area contributed by atoms with Crippen LogP contribution in [-0.4, -0.2) is 65.1 Å². The van der Waals surface area contributed by atoms with Crippen molar-refractivity contribution in [2.75, 3.05) is 19.6 Å². The first-order valence-electron chi connectivity index (χ1n) is 10.3. The lowest BCUT2D eigenvalue weighted by molar-refractivity contribution is -0.136. The Morgan fingerprint density at radius 2 is 1.90 bits per heavy atom. The molecular formula is C21H24N4O4. The minimum Gasteiger partial charge on any atom is -0.312 e. The Morgan fingerprint density at radius 3 is 2.69 bits per heavy atom. The number of fused-ring (bicyclic) bond motifs is 2. The van der Waals surface area contributed by atoms with Crippen molar-refractivity contribution in [1.29, 1.82) is 0 Å². The van der Waals surface area contributed by atoms with E-state index in [1.54, 1.807) is 12.1 Å². The number of hydrogen-bond donors (Lipinski definition) is 2. The zero-order valence-corrected chi connectivity index (χ0v) is 16.1. The van der Waals surface area contributed by atoms with Crippen LogP contribution in [0.5, 0.6) is 0 Å². The number of carbonyl (C=O) groups is 4. The fourth-order valence-corrected chi connectivity index (χ4v) is 5.22. The quantitative estimate of drug-likeness (QED) is 0.712. The molecule has 4 aliphatic rings. The third kappa shape index (κ3) is 3.07. The van der Waals surface area contributed by atoms with Gasteiger partial charge in [-0.25, -0.2) is 0 Å². The van der Waals surface area contributed by atoms with Crippen LogP contribution in [0.15, 0.2) is 18.2 Å². The third-order valence-corrected chi connectivity index (χ3v) is 6.62. The molecule has 3 fully saturated rings. The fraction of sp³-hybridized carbons (Fsp3) is 0.524. The molecule has 4 amide bonds. The number of nitrogens with zero attached hydrogens (tertiary/aromatic N) is 2. The van der Waals surface area contributed by atoms with Crippen molar-refractivity contribution < 1.29 is 19.2 Å². The predicted molar refractivity (Wildman–Crippen MR) is 103 cm³/mol. The number of nitrogens with one attached hydrogen (secondary N) is 2. The summed E-state index contributed by atoms with van der Waals surface area (Å²) in [5.41, 5.74) is 1.59. The normalized spacial score (nSPS) is 29.8. The zero-order chi connectivity index (χ0) is 20.1. The largest absolute Gasteiger partial charge is 0.312 e. The third-order valence-electron chi connectivity index (χ3n) is 6.62. The van der Waals surface area contributed by atoms with Crippen LogP contribution >= 0.6 is 0 Å². The van der Waals surface area contributed by atoms with Crippen molar-refractivity contribution in [2.45, 2.75) is 44.3 Å². The van der Waals surface area contributed by atoms with E-state index in [-0.39, 0.29) is 18.7 Å². The molecule has 2 N–H and O–H groups in total.